The largest absolute Gasteiger partial charge is 0.340 e. The van der Waals surface area contributed by atoms with Crippen molar-refractivity contribution in [1.29, 1.82) is 0 Å². The van der Waals surface area contributed by atoms with Crippen LogP contribution >= 0.6 is 0 Å². The highest BCUT2D eigenvalue weighted by Gasteiger charge is 2.41. The van der Waals surface area contributed by atoms with Crippen LogP contribution < -0.4 is 10.9 Å². The number of nitrogens with one attached hydrogen (secondary N) is 1. The van der Waals surface area contributed by atoms with Gasteiger partial charge in [0.15, 0.2) is 5.82 Å². The summed E-state index contributed by atoms with van der Waals surface area (Å²) in [5, 5.41) is 11.3. The van der Waals surface area contributed by atoms with Gasteiger partial charge in [0, 0.05) is 13.0 Å². The summed E-state index contributed by atoms with van der Waals surface area (Å²) in [6.07, 6.45) is 3.39. The Balaban J connectivity index is 1.66. The van der Waals surface area contributed by atoms with Gasteiger partial charge in [0.05, 0.1) is 5.69 Å². The summed E-state index contributed by atoms with van der Waals surface area (Å²) >= 11 is 0. The van der Waals surface area contributed by atoms with E-state index in [9.17, 15) is 9.59 Å². The Kier molecular flexibility index (Phi) is 4.31. The normalized spacial score (nSPS) is 15.6. The Morgan fingerprint density at radius 2 is 1.89 bits per heavy atom. The van der Waals surface area contributed by atoms with Gasteiger partial charge in [-0.3, -0.25) is 9.59 Å². The second kappa shape index (κ2) is 6.79. The molecule has 0 radical (unpaired) electrons. The van der Waals surface area contributed by atoms with E-state index in [1.807, 2.05) is 18.2 Å². The number of aromatic nitrogens is 4. The van der Waals surface area contributed by atoms with Gasteiger partial charge in [0.25, 0.3) is 11.5 Å². The Bertz CT molecular complexity index is 1020. The van der Waals surface area contributed by atoms with Crippen LogP contribution in [0.5, 0.6) is 0 Å². The van der Waals surface area contributed by atoms with Crippen LogP contribution in [0.2, 0.25) is 0 Å². The molecule has 4 rings (SSSR count). The molecule has 3 aromatic rings. The number of aryl methyl sites for hydroxylation is 1. The second-order valence-corrected chi connectivity index (χ2v) is 6.68. The molecule has 0 spiro atoms. The van der Waals surface area contributed by atoms with Gasteiger partial charge in [0.1, 0.15) is 11.2 Å². The highest BCUT2D eigenvalue weighted by Crippen LogP contribution is 2.37. The summed E-state index contributed by atoms with van der Waals surface area (Å²) in [5.74, 6) is 0.576. The lowest BCUT2D eigenvalue weighted by Gasteiger charge is -2.26. The van der Waals surface area contributed by atoms with Crippen LogP contribution in [0.3, 0.4) is 0 Å². The van der Waals surface area contributed by atoms with Crippen LogP contribution in [0, 0.1) is 6.92 Å². The third-order valence-corrected chi connectivity index (χ3v) is 4.80. The number of amides is 1. The fourth-order valence-electron chi connectivity index (χ4n) is 3.44. The molecule has 8 heteroatoms. The lowest BCUT2D eigenvalue weighted by Crippen LogP contribution is -2.45. The molecule has 138 valence electrons. The summed E-state index contributed by atoms with van der Waals surface area (Å²) in [6, 6.07) is 11.8. The predicted octanol–water partition coefficient (Wildman–Crippen LogP) is 2.12. The van der Waals surface area contributed by atoms with Crippen molar-refractivity contribution in [2.24, 2.45) is 0 Å². The summed E-state index contributed by atoms with van der Waals surface area (Å²) in [5.41, 5.74) is -0.210. The van der Waals surface area contributed by atoms with Crippen molar-refractivity contribution in [2.75, 3.05) is 0 Å². The zero-order valence-corrected chi connectivity index (χ0v) is 14.9. The molecule has 1 aliphatic carbocycles. The van der Waals surface area contributed by atoms with Gasteiger partial charge in [-0.1, -0.05) is 36.2 Å². The third-order valence-electron chi connectivity index (χ3n) is 4.80. The van der Waals surface area contributed by atoms with Crippen LogP contribution in [0.4, 0.5) is 0 Å². The molecule has 0 aliphatic heterocycles. The highest BCUT2D eigenvalue weighted by molar-refractivity contribution is 5.92. The average molecular weight is 365 g/mol. The molecule has 1 fully saturated rings. The van der Waals surface area contributed by atoms with Crippen molar-refractivity contribution >= 4 is 5.91 Å². The van der Waals surface area contributed by atoms with Crippen LogP contribution in [0.15, 0.2) is 51.8 Å². The molecular weight excluding hydrogens is 346 g/mol. The SMILES string of the molecule is Cc1nc(C2(NC(=O)c3ccc(=O)n(-c4ccccc4)n3)CCCC2)no1. The number of benzene rings is 1. The van der Waals surface area contributed by atoms with Gasteiger partial charge < -0.3 is 9.84 Å². The molecule has 1 N–H and O–H groups in total. The lowest BCUT2D eigenvalue weighted by molar-refractivity contribution is 0.0885. The maximum atomic E-state index is 12.9. The molecule has 0 atom stereocenters. The molecular formula is C19H19N5O3. The molecule has 1 amide bonds. The number of para-hydroxylation sites is 1. The monoisotopic (exact) mass is 365 g/mol. The van der Waals surface area contributed by atoms with Crippen molar-refractivity contribution in [1.82, 2.24) is 25.2 Å². The second-order valence-electron chi connectivity index (χ2n) is 6.68. The van der Waals surface area contributed by atoms with Gasteiger partial charge in [-0.25, -0.2) is 0 Å². The van der Waals surface area contributed by atoms with Gasteiger partial charge in [0.2, 0.25) is 5.89 Å². The quantitative estimate of drug-likeness (QED) is 0.760. The minimum Gasteiger partial charge on any atom is -0.340 e. The van der Waals surface area contributed by atoms with E-state index in [0.29, 0.717) is 17.4 Å². The minimum atomic E-state index is -0.662. The zero-order chi connectivity index (χ0) is 18.9. The Labute approximate surface area is 155 Å². The van der Waals surface area contributed by atoms with Crippen LogP contribution in [0.25, 0.3) is 5.69 Å². The fraction of sp³-hybridized carbons (Fsp3) is 0.316. The van der Waals surface area contributed by atoms with Crippen LogP contribution in [0.1, 0.15) is 47.9 Å². The number of hydrogen-bond acceptors (Lipinski definition) is 6. The van der Waals surface area contributed by atoms with Gasteiger partial charge in [-0.15, -0.1) is 0 Å². The van der Waals surface area contributed by atoms with E-state index in [0.717, 1.165) is 25.7 Å². The first-order valence-electron chi connectivity index (χ1n) is 8.87. The predicted molar refractivity (Wildman–Crippen MR) is 96.5 cm³/mol. The molecule has 1 aliphatic rings. The summed E-state index contributed by atoms with van der Waals surface area (Å²) in [4.78, 5) is 29.4. The first kappa shape index (κ1) is 17.1. The zero-order valence-electron chi connectivity index (χ0n) is 14.9. The average Bonchev–Trinajstić information content (AvgIpc) is 3.33. The summed E-state index contributed by atoms with van der Waals surface area (Å²) < 4.78 is 6.33. The number of carbonyl (C=O) groups excluding carboxylic acids is 1. The van der Waals surface area contributed by atoms with Gasteiger partial charge in [-0.05, 0) is 31.0 Å². The van der Waals surface area contributed by atoms with E-state index in [2.05, 4.69) is 20.6 Å². The molecule has 0 bridgehead atoms. The Hall–Kier alpha value is -3.29. The maximum absolute atomic E-state index is 12.9. The first-order chi connectivity index (χ1) is 13.1. The lowest BCUT2D eigenvalue weighted by atomic mass is 9.96. The van der Waals surface area contributed by atoms with Crippen molar-refractivity contribution in [2.45, 2.75) is 38.1 Å². The summed E-state index contributed by atoms with van der Waals surface area (Å²) in [7, 11) is 0. The number of carbonyl (C=O) groups is 1. The maximum Gasteiger partial charge on any atom is 0.272 e. The van der Waals surface area contributed by atoms with Crippen molar-refractivity contribution in [3.63, 3.8) is 0 Å². The minimum absolute atomic E-state index is 0.157. The van der Waals surface area contributed by atoms with Crippen LogP contribution in [-0.4, -0.2) is 25.8 Å². The molecule has 1 aromatic carbocycles. The van der Waals surface area contributed by atoms with E-state index in [1.54, 1.807) is 19.1 Å². The van der Waals surface area contributed by atoms with Crippen molar-refractivity contribution in [3.05, 3.63) is 70.2 Å². The molecule has 0 saturated heterocycles. The van der Waals surface area contributed by atoms with Gasteiger partial charge >= 0.3 is 0 Å². The Morgan fingerprint density at radius 1 is 1.15 bits per heavy atom. The smallest absolute Gasteiger partial charge is 0.272 e. The van der Waals surface area contributed by atoms with Crippen molar-refractivity contribution in [3.8, 4) is 5.69 Å². The number of nitrogens with zero attached hydrogens (tertiary/aromatic N) is 4. The summed E-state index contributed by atoms with van der Waals surface area (Å²) in [6.45, 7) is 1.72. The number of rotatable bonds is 4. The molecule has 27 heavy (non-hydrogen) atoms. The third kappa shape index (κ3) is 3.25. The molecule has 1 saturated carbocycles. The van der Waals surface area contributed by atoms with Gasteiger partial charge in [-0.2, -0.15) is 14.8 Å². The molecule has 8 nitrogen and oxygen atoms in total. The van der Waals surface area contributed by atoms with Crippen molar-refractivity contribution < 1.29 is 9.32 Å². The van der Waals surface area contributed by atoms with E-state index in [4.69, 9.17) is 4.52 Å². The van der Waals surface area contributed by atoms with E-state index in [1.165, 1.54) is 16.8 Å². The Morgan fingerprint density at radius 3 is 2.56 bits per heavy atom. The standard InChI is InChI=1S/C19H19N5O3/c1-13-20-18(23-27-13)19(11-5-6-12-19)21-17(26)15-9-10-16(25)24(22-15)14-7-3-2-4-8-14/h2-4,7-10H,5-6,11-12H2,1H3,(H,21,26). The number of hydrogen-bond donors (Lipinski definition) is 1. The van der Waals surface area contributed by atoms with E-state index < -0.39 is 5.54 Å². The first-order valence-corrected chi connectivity index (χ1v) is 8.87. The molecule has 0 unspecified atom stereocenters. The molecule has 2 heterocycles. The molecule has 2 aromatic heterocycles. The van der Waals surface area contributed by atoms with E-state index in [-0.39, 0.29) is 17.2 Å². The van der Waals surface area contributed by atoms with E-state index >= 15 is 0 Å². The fourth-order valence-corrected chi connectivity index (χ4v) is 3.44. The topological polar surface area (TPSA) is 103 Å². The highest BCUT2D eigenvalue weighted by atomic mass is 16.5. The van der Waals surface area contributed by atoms with Crippen LogP contribution in [-0.2, 0) is 5.54 Å².